The lowest BCUT2D eigenvalue weighted by Crippen LogP contribution is -2.37. The van der Waals surface area contributed by atoms with Crippen LogP contribution >= 0.6 is 0 Å². The Morgan fingerprint density at radius 2 is 1.52 bits per heavy atom. The zero-order valence-corrected chi connectivity index (χ0v) is 41.0. The summed E-state index contributed by atoms with van der Waals surface area (Å²) in [4.78, 5) is 14.2. The fourth-order valence-corrected chi connectivity index (χ4v) is 10.00. The third-order valence-corrected chi connectivity index (χ3v) is 13.9. The minimum Gasteiger partial charge on any atom is -0.355 e. The maximum absolute atomic E-state index is 12.3. The highest BCUT2D eigenvalue weighted by atomic mass is 32.2. The van der Waals surface area contributed by atoms with Gasteiger partial charge in [0.05, 0.1) is 72.1 Å². The van der Waals surface area contributed by atoms with Crippen LogP contribution in [0, 0.1) is 6.92 Å². The molecular formula is C53H74N5O4S+3. The van der Waals surface area contributed by atoms with E-state index in [9.17, 15) is 17.8 Å². The third kappa shape index (κ3) is 11.4. The fourth-order valence-electron chi connectivity index (χ4n) is 9.49. The van der Waals surface area contributed by atoms with Crippen molar-refractivity contribution in [3.8, 4) is 0 Å². The number of aryl methyl sites for hydroxylation is 2. The number of Topliss-reactive ketones (excluding diaryl/α,β-unsaturated/α-hetero) is 1. The van der Waals surface area contributed by atoms with Crippen molar-refractivity contribution in [2.75, 3.05) is 78.7 Å². The van der Waals surface area contributed by atoms with Gasteiger partial charge in [0.1, 0.15) is 5.78 Å². The van der Waals surface area contributed by atoms with Crippen LogP contribution in [0.4, 0.5) is 17.1 Å². The molecule has 0 amide bonds. The first-order chi connectivity index (χ1) is 29.3. The third-order valence-electron chi connectivity index (χ3n) is 13.0. The second-order valence-corrected chi connectivity index (χ2v) is 22.6. The number of carbonyl (C=O) groups is 1. The van der Waals surface area contributed by atoms with Crippen LogP contribution < -0.4 is 10.2 Å². The molecule has 3 aromatic carbocycles. The van der Waals surface area contributed by atoms with Crippen molar-refractivity contribution in [1.82, 2.24) is 0 Å². The van der Waals surface area contributed by atoms with Crippen LogP contribution in [0.2, 0.25) is 0 Å². The summed E-state index contributed by atoms with van der Waals surface area (Å²) in [5.74, 6) is 0.192. The quantitative estimate of drug-likeness (QED) is 0.0798. The lowest BCUT2D eigenvalue weighted by Gasteiger charge is -2.29. The zero-order chi connectivity index (χ0) is 46.1. The van der Waals surface area contributed by atoms with Gasteiger partial charge < -0.3 is 24.0 Å². The Hall–Kier alpha value is -4.61. The molecule has 1 aliphatic carbocycles. The molecule has 3 aromatic rings. The smallest absolute Gasteiger partial charge is 0.294 e. The normalized spacial score (nSPS) is 18.8. The minimum absolute atomic E-state index is 0.0841. The predicted molar refractivity (Wildman–Crippen MR) is 261 cm³/mol. The van der Waals surface area contributed by atoms with E-state index in [1.165, 1.54) is 39.7 Å². The lowest BCUT2D eigenvalue weighted by atomic mass is 9.81. The van der Waals surface area contributed by atoms with E-state index in [1.54, 1.807) is 13.0 Å². The molecule has 2 aliphatic heterocycles. The molecule has 0 radical (unpaired) electrons. The van der Waals surface area contributed by atoms with Gasteiger partial charge in [-0.3, -0.25) is 4.55 Å². The van der Waals surface area contributed by atoms with E-state index in [-0.39, 0.29) is 16.1 Å². The molecule has 10 heteroatoms. The first-order valence-electron chi connectivity index (χ1n) is 22.8. The van der Waals surface area contributed by atoms with Crippen LogP contribution in [0.3, 0.4) is 0 Å². The predicted octanol–water partition coefficient (Wildman–Crippen LogP) is 10.0. The van der Waals surface area contributed by atoms with Gasteiger partial charge in [0.15, 0.2) is 12.3 Å². The minimum atomic E-state index is -4.37. The standard InChI is InChI=1S/C53H72N5O4S/c1-38-18-28-47-45(36-38)52(3,4)49(55(47)32-14-34-57(7,8)9)30-23-41-16-13-17-42(51(41)54-43-25-21-40(22-26-43)20-19-39(2)59)24-31-50-53(5,6)46-37-44(63(60,61)62)27-29-48(46)56(50)33-15-35-58(10,11)12/h18,21-31,36-37H,13-17,19-20,32-35H2,1-12H3/q+1/p+2. The summed E-state index contributed by atoms with van der Waals surface area (Å²) < 4.78 is 38.8. The molecule has 9 nitrogen and oxygen atoms in total. The van der Waals surface area contributed by atoms with Gasteiger partial charge in [0.25, 0.3) is 10.1 Å². The highest BCUT2D eigenvalue weighted by Crippen LogP contribution is 2.48. The summed E-state index contributed by atoms with van der Waals surface area (Å²) in [7, 11) is 9.01. The molecule has 338 valence electrons. The van der Waals surface area contributed by atoms with Gasteiger partial charge in [-0.1, -0.05) is 55.8 Å². The largest absolute Gasteiger partial charge is 0.355 e. The van der Waals surface area contributed by atoms with E-state index >= 15 is 0 Å². The Labute approximate surface area is 379 Å². The van der Waals surface area contributed by atoms with Gasteiger partial charge in [-0.25, -0.2) is 0 Å². The number of rotatable bonds is 17. The zero-order valence-electron chi connectivity index (χ0n) is 40.2. The summed E-state index contributed by atoms with van der Waals surface area (Å²) in [6, 6.07) is 20.4. The van der Waals surface area contributed by atoms with Crippen molar-refractivity contribution in [1.29, 1.82) is 0 Å². The van der Waals surface area contributed by atoms with Gasteiger partial charge in [-0.15, -0.1) is 0 Å². The average Bonchev–Trinajstić information content (AvgIpc) is 3.52. The average molecular weight is 877 g/mol. The Morgan fingerprint density at radius 3 is 2.17 bits per heavy atom. The molecule has 0 fully saturated rings. The molecule has 2 N–H and O–H groups in total. The second-order valence-electron chi connectivity index (χ2n) is 21.2. The van der Waals surface area contributed by atoms with Crippen molar-refractivity contribution in [2.45, 2.75) is 102 Å². The van der Waals surface area contributed by atoms with Gasteiger partial charge >= 0.3 is 0 Å². The highest BCUT2D eigenvalue weighted by Gasteiger charge is 2.45. The molecule has 6 rings (SSSR count). The maximum atomic E-state index is 12.3. The molecular weight excluding hydrogens is 803 g/mol. The Morgan fingerprint density at radius 1 is 0.841 bits per heavy atom. The van der Waals surface area contributed by atoms with Crippen molar-refractivity contribution in [3.05, 3.63) is 130 Å². The van der Waals surface area contributed by atoms with Crippen LogP contribution in [0.5, 0.6) is 0 Å². The number of quaternary nitrogens is 2. The lowest BCUT2D eigenvalue weighted by molar-refractivity contribution is -0.871. The molecule has 0 aromatic heterocycles. The molecule has 0 saturated heterocycles. The van der Waals surface area contributed by atoms with Crippen molar-refractivity contribution in [2.24, 2.45) is 0 Å². The van der Waals surface area contributed by atoms with Crippen LogP contribution in [-0.2, 0) is 32.2 Å². The second kappa shape index (κ2) is 18.5. The maximum Gasteiger partial charge on any atom is 0.294 e. The summed E-state index contributed by atoms with van der Waals surface area (Å²) in [6.45, 7) is 16.6. The summed E-state index contributed by atoms with van der Waals surface area (Å²) in [5.41, 5.74) is 13.2. The van der Waals surface area contributed by atoms with E-state index in [0.29, 0.717) is 6.42 Å². The number of carbonyl (C=O) groups excluding carboxylic acids is 1. The number of benzene rings is 3. The molecule has 0 saturated carbocycles. The molecule has 0 spiro atoms. The Kier molecular flexibility index (Phi) is 14.0. The van der Waals surface area contributed by atoms with Crippen LogP contribution in [0.25, 0.3) is 0 Å². The monoisotopic (exact) mass is 877 g/mol. The van der Waals surface area contributed by atoms with Gasteiger partial charge in [-0.2, -0.15) is 13.0 Å². The number of anilines is 2. The van der Waals surface area contributed by atoms with Gasteiger partial charge in [0, 0.05) is 65.3 Å². The molecule has 2 heterocycles. The van der Waals surface area contributed by atoms with Crippen LogP contribution in [-0.4, -0.2) is 106 Å². The van der Waals surface area contributed by atoms with E-state index < -0.39 is 15.5 Å². The topological polar surface area (TPSA) is 89.7 Å². The molecule has 3 aliphatic rings. The first-order valence-corrected chi connectivity index (χ1v) is 24.2. The number of hydrogen-bond donors (Lipinski definition) is 2. The molecule has 63 heavy (non-hydrogen) atoms. The number of allylic oxidation sites excluding steroid dienone is 7. The first kappa shape index (κ1) is 47.9. The number of hydrogen-bond acceptors (Lipinski definition) is 5. The van der Waals surface area contributed by atoms with Gasteiger partial charge in [0.2, 0.25) is 5.69 Å². The van der Waals surface area contributed by atoms with Crippen molar-refractivity contribution in [3.63, 3.8) is 0 Å². The fraction of sp³-hybridized carbons (Fsp3) is 0.472. The van der Waals surface area contributed by atoms with Gasteiger partial charge in [-0.05, 0) is 112 Å². The van der Waals surface area contributed by atoms with Crippen molar-refractivity contribution < 1.29 is 31.3 Å². The van der Waals surface area contributed by atoms with Crippen LogP contribution in [0.1, 0.15) is 95.4 Å². The van der Waals surface area contributed by atoms with E-state index in [0.717, 1.165) is 108 Å². The summed E-state index contributed by atoms with van der Waals surface area (Å²) in [5, 5.41) is 3.88. The van der Waals surface area contributed by atoms with E-state index in [1.807, 2.05) is 6.07 Å². The molecule has 0 atom stereocenters. The number of nitrogens with one attached hydrogen (secondary N) is 1. The number of nitrogens with zero attached hydrogens (tertiary/aromatic N) is 4. The summed E-state index contributed by atoms with van der Waals surface area (Å²) >= 11 is 0. The Bertz CT molecular complexity index is 2490. The molecule has 0 unspecified atom stereocenters. The molecule has 0 bridgehead atoms. The van der Waals surface area contributed by atoms with E-state index in [4.69, 9.17) is 0 Å². The Balaban J connectivity index is 1.46. The number of ketones is 1. The van der Waals surface area contributed by atoms with Crippen LogP contribution in [0.15, 0.2) is 112 Å². The highest BCUT2D eigenvalue weighted by molar-refractivity contribution is 7.85. The van der Waals surface area contributed by atoms with E-state index in [2.05, 4.69) is 158 Å². The SMILES string of the molecule is CC(=O)CCc1ccc(NC2=C(C=CC3=[N+](CCC[N+](C)(C)C)c4ccc(S(=O)(=O)O)cc4C3(C)C)CCCC2=CC=C2N(CCC[N+](C)(C)C)c3ccc(C)cc3C2(C)C)cc1. The van der Waals surface area contributed by atoms with Crippen molar-refractivity contribution >= 4 is 38.7 Å². The summed E-state index contributed by atoms with van der Waals surface area (Å²) in [6.07, 6.45) is 15.4. The number of fused-ring (bicyclic) bond motifs is 2.